The van der Waals surface area contributed by atoms with Crippen molar-refractivity contribution in [3.05, 3.63) is 60.3 Å². The molecule has 0 radical (unpaired) electrons. The lowest BCUT2D eigenvalue weighted by Gasteiger charge is -2.15. The lowest BCUT2D eigenvalue weighted by atomic mass is 10.1. The Hall–Kier alpha value is -2.87. The number of fused-ring (bicyclic) bond motifs is 1. The van der Waals surface area contributed by atoms with E-state index in [1.165, 1.54) is 18.8 Å². The van der Waals surface area contributed by atoms with E-state index in [9.17, 15) is 9.59 Å². The SMILES string of the molecule is CNC(=O)NC(=O)C(Sc1nnc2ccccn12)c1ccccc1. The van der Waals surface area contributed by atoms with Crippen LogP contribution in [0.25, 0.3) is 5.65 Å². The summed E-state index contributed by atoms with van der Waals surface area (Å²) in [5.41, 5.74) is 1.47. The molecule has 1 aromatic carbocycles. The van der Waals surface area contributed by atoms with Crippen molar-refractivity contribution in [2.75, 3.05) is 7.05 Å². The van der Waals surface area contributed by atoms with Gasteiger partial charge in [-0.1, -0.05) is 48.2 Å². The smallest absolute Gasteiger partial charge is 0.321 e. The number of carbonyl (C=O) groups excluding carboxylic acids is 2. The van der Waals surface area contributed by atoms with Gasteiger partial charge in [0.25, 0.3) is 0 Å². The highest BCUT2D eigenvalue weighted by atomic mass is 32.2. The Morgan fingerprint density at radius 3 is 2.58 bits per heavy atom. The van der Waals surface area contributed by atoms with E-state index in [1.807, 2.05) is 54.7 Å². The Morgan fingerprint density at radius 1 is 1.08 bits per heavy atom. The van der Waals surface area contributed by atoms with E-state index in [2.05, 4.69) is 20.8 Å². The number of thioether (sulfide) groups is 1. The molecular formula is C16H15N5O2S. The quantitative estimate of drug-likeness (QED) is 0.709. The molecule has 122 valence electrons. The molecule has 7 nitrogen and oxygen atoms in total. The van der Waals surface area contributed by atoms with Crippen LogP contribution < -0.4 is 10.6 Å². The van der Waals surface area contributed by atoms with E-state index < -0.39 is 17.2 Å². The van der Waals surface area contributed by atoms with Crippen molar-refractivity contribution in [1.29, 1.82) is 0 Å². The van der Waals surface area contributed by atoms with Crippen molar-refractivity contribution in [1.82, 2.24) is 25.2 Å². The van der Waals surface area contributed by atoms with Crippen LogP contribution in [0.1, 0.15) is 10.8 Å². The van der Waals surface area contributed by atoms with Crippen molar-refractivity contribution in [3.63, 3.8) is 0 Å². The summed E-state index contributed by atoms with van der Waals surface area (Å²) < 4.78 is 1.80. The van der Waals surface area contributed by atoms with Gasteiger partial charge in [-0.3, -0.25) is 14.5 Å². The molecule has 2 heterocycles. The third kappa shape index (κ3) is 3.38. The Labute approximate surface area is 142 Å². The number of urea groups is 1. The van der Waals surface area contributed by atoms with E-state index in [1.54, 1.807) is 4.40 Å². The molecule has 0 aliphatic carbocycles. The number of carbonyl (C=O) groups is 2. The predicted molar refractivity (Wildman–Crippen MR) is 90.6 cm³/mol. The highest BCUT2D eigenvalue weighted by Crippen LogP contribution is 2.34. The zero-order valence-corrected chi connectivity index (χ0v) is 13.7. The molecule has 0 saturated heterocycles. The first-order chi connectivity index (χ1) is 11.7. The first kappa shape index (κ1) is 16.0. The maximum atomic E-state index is 12.5. The molecule has 3 aromatic rings. The molecule has 3 amide bonds. The van der Waals surface area contributed by atoms with E-state index in [0.29, 0.717) is 10.8 Å². The van der Waals surface area contributed by atoms with Crippen LogP contribution in [0.15, 0.2) is 59.9 Å². The van der Waals surface area contributed by atoms with Crippen LogP contribution >= 0.6 is 11.8 Å². The van der Waals surface area contributed by atoms with E-state index in [0.717, 1.165) is 5.56 Å². The van der Waals surface area contributed by atoms with Crippen LogP contribution in [0, 0.1) is 0 Å². The van der Waals surface area contributed by atoms with Gasteiger partial charge < -0.3 is 5.32 Å². The number of amides is 3. The molecule has 0 spiro atoms. The molecule has 0 aliphatic rings. The average Bonchev–Trinajstić information content (AvgIpc) is 3.03. The van der Waals surface area contributed by atoms with Crippen LogP contribution in [-0.2, 0) is 4.79 Å². The summed E-state index contributed by atoms with van der Waals surface area (Å²) >= 11 is 1.24. The van der Waals surface area contributed by atoms with Gasteiger partial charge in [-0.05, 0) is 17.7 Å². The van der Waals surface area contributed by atoms with Gasteiger partial charge in [0.05, 0.1) is 0 Å². The summed E-state index contributed by atoms with van der Waals surface area (Å²) in [5.74, 6) is -0.418. The number of hydrogen-bond donors (Lipinski definition) is 2. The standard InChI is InChI=1S/C16H15N5O2S/c1-17-15(23)18-14(22)13(11-7-3-2-4-8-11)24-16-20-19-12-9-5-6-10-21(12)16/h2-10,13H,1H3,(H2,17,18,22,23). The number of pyridine rings is 1. The monoisotopic (exact) mass is 341 g/mol. The zero-order valence-electron chi connectivity index (χ0n) is 12.8. The molecule has 1 atom stereocenters. The van der Waals surface area contributed by atoms with Crippen LogP contribution in [0.5, 0.6) is 0 Å². The average molecular weight is 341 g/mol. The first-order valence-electron chi connectivity index (χ1n) is 7.23. The molecule has 0 saturated carbocycles. The number of nitrogens with zero attached hydrogens (tertiary/aromatic N) is 3. The fraction of sp³-hybridized carbons (Fsp3) is 0.125. The molecule has 2 N–H and O–H groups in total. The third-order valence-electron chi connectivity index (χ3n) is 3.31. The zero-order chi connectivity index (χ0) is 16.9. The van der Waals surface area contributed by atoms with Crippen LogP contribution in [0.4, 0.5) is 4.79 Å². The predicted octanol–water partition coefficient (Wildman–Crippen LogP) is 2.02. The molecule has 0 bridgehead atoms. The summed E-state index contributed by atoms with van der Waals surface area (Å²) in [5, 5.41) is 12.9. The Bertz CT molecular complexity index is 865. The van der Waals surface area contributed by atoms with Crippen molar-refractivity contribution in [3.8, 4) is 0 Å². The summed E-state index contributed by atoms with van der Waals surface area (Å²) in [4.78, 5) is 24.0. The summed E-state index contributed by atoms with van der Waals surface area (Å²) in [6.07, 6.45) is 1.83. The molecule has 1 unspecified atom stereocenters. The number of rotatable bonds is 4. The molecule has 0 fully saturated rings. The van der Waals surface area contributed by atoms with E-state index >= 15 is 0 Å². The highest BCUT2D eigenvalue weighted by molar-refractivity contribution is 8.00. The third-order valence-corrected chi connectivity index (χ3v) is 4.52. The maximum absolute atomic E-state index is 12.5. The minimum Gasteiger partial charge on any atom is -0.341 e. The second-order valence-corrected chi connectivity index (χ2v) is 5.96. The summed E-state index contributed by atoms with van der Waals surface area (Å²) in [6, 6.07) is 14.2. The number of imide groups is 1. The van der Waals surface area contributed by atoms with Gasteiger partial charge in [0.15, 0.2) is 10.8 Å². The van der Waals surface area contributed by atoms with Gasteiger partial charge >= 0.3 is 6.03 Å². The van der Waals surface area contributed by atoms with Gasteiger partial charge in [-0.2, -0.15) is 0 Å². The van der Waals surface area contributed by atoms with Crippen molar-refractivity contribution in [2.45, 2.75) is 10.4 Å². The molecule has 0 aliphatic heterocycles. The highest BCUT2D eigenvalue weighted by Gasteiger charge is 2.25. The van der Waals surface area contributed by atoms with Crippen LogP contribution in [0.3, 0.4) is 0 Å². The van der Waals surface area contributed by atoms with Gasteiger partial charge in [-0.15, -0.1) is 10.2 Å². The summed E-state index contributed by atoms with van der Waals surface area (Å²) in [6.45, 7) is 0. The van der Waals surface area contributed by atoms with Gasteiger partial charge in [0.1, 0.15) is 5.25 Å². The number of nitrogens with one attached hydrogen (secondary N) is 2. The molecule has 2 aromatic heterocycles. The maximum Gasteiger partial charge on any atom is 0.321 e. The number of benzene rings is 1. The molecule has 24 heavy (non-hydrogen) atoms. The molecule has 3 rings (SSSR count). The topological polar surface area (TPSA) is 88.4 Å². The summed E-state index contributed by atoms with van der Waals surface area (Å²) in [7, 11) is 1.46. The van der Waals surface area contributed by atoms with E-state index in [4.69, 9.17) is 0 Å². The Morgan fingerprint density at radius 2 is 1.83 bits per heavy atom. The second-order valence-electron chi connectivity index (χ2n) is 4.89. The lowest BCUT2D eigenvalue weighted by Crippen LogP contribution is -2.39. The minimum atomic E-state index is -0.629. The molecule has 8 heteroatoms. The van der Waals surface area contributed by atoms with Gasteiger partial charge in [-0.25, -0.2) is 4.79 Å². The fourth-order valence-corrected chi connectivity index (χ4v) is 3.17. The van der Waals surface area contributed by atoms with Crippen molar-refractivity contribution < 1.29 is 9.59 Å². The first-order valence-corrected chi connectivity index (χ1v) is 8.11. The fourth-order valence-electron chi connectivity index (χ4n) is 2.15. The normalized spacial score (nSPS) is 11.9. The Kier molecular flexibility index (Phi) is 4.76. The van der Waals surface area contributed by atoms with Crippen molar-refractivity contribution >= 4 is 29.3 Å². The van der Waals surface area contributed by atoms with Crippen molar-refractivity contribution in [2.24, 2.45) is 0 Å². The Balaban J connectivity index is 1.93. The second kappa shape index (κ2) is 7.14. The van der Waals surface area contributed by atoms with E-state index in [-0.39, 0.29) is 0 Å². The van der Waals surface area contributed by atoms with Crippen LogP contribution in [0.2, 0.25) is 0 Å². The molecular weight excluding hydrogens is 326 g/mol. The van der Waals surface area contributed by atoms with Gasteiger partial charge in [0, 0.05) is 13.2 Å². The minimum absolute atomic E-state index is 0.418. The largest absolute Gasteiger partial charge is 0.341 e. The number of aromatic nitrogens is 3. The van der Waals surface area contributed by atoms with Gasteiger partial charge in [0.2, 0.25) is 5.91 Å². The number of hydrogen-bond acceptors (Lipinski definition) is 5. The lowest BCUT2D eigenvalue weighted by molar-refractivity contribution is -0.119. The van der Waals surface area contributed by atoms with Crippen LogP contribution in [-0.4, -0.2) is 33.6 Å².